The van der Waals surface area contributed by atoms with Crippen LogP contribution in [0, 0.1) is 6.92 Å². The quantitative estimate of drug-likeness (QED) is 0.815. The fourth-order valence-corrected chi connectivity index (χ4v) is 2.54. The summed E-state index contributed by atoms with van der Waals surface area (Å²) in [4.78, 5) is 11.7. The number of allylic oxidation sites excluding steroid dienone is 1. The van der Waals surface area contributed by atoms with E-state index in [9.17, 15) is 13.2 Å². The normalized spacial score (nSPS) is 11.1. The van der Waals surface area contributed by atoms with Gasteiger partial charge in [-0.25, -0.2) is 13.1 Å². The van der Waals surface area contributed by atoms with E-state index in [4.69, 9.17) is 0 Å². The Morgan fingerprint density at radius 2 is 1.79 bits per heavy atom. The molecule has 0 atom stereocenters. The molecule has 0 aliphatic carbocycles. The Labute approximate surface area is 114 Å². The maximum absolute atomic E-state index is 11.9. The zero-order valence-corrected chi connectivity index (χ0v) is 12.1. The second-order valence-electron chi connectivity index (χ2n) is 4.65. The SMILES string of the molecule is C=C(C)CCCC(=O)NS(=O)(=O)c1ccc(C)cc1. The number of hydrogen-bond acceptors (Lipinski definition) is 3. The Balaban J connectivity index is 2.62. The molecule has 0 unspecified atom stereocenters. The van der Waals surface area contributed by atoms with Gasteiger partial charge in [0.05, 0.1) is 4.90 Å². The highest BCUT2D eigenvalue weighted by Gasteiger charge is 2.16. The standard InChI is InChI=1S/C14H19NO3S/c1-11(2)5-4-6-14(16)15-19(17,18)13-9-7-12(3)8-10-13/h7-10H,1,4-6H2,2-3H3,(H,15,16). The lowest BCUT2D eigenvalue weighted by atomic mass is 10.1. The third kappa shape index (κ3) is 5.26. The number of rotatable bonds is 6. The lowest BCUT2D eigenvalue weighted by Gasteiger charge is -2.07. The highest BCUT2D eigenvalue weighted by Crippen LogP contribution is 2.10. The molecule has 0 bridgehead atoms. The molecule has 0 aliphatic rings. The molecule has 1 rings (SSSR count). The van der Waals surface area contributed by atoms with Gasteiger partial charge in [0.25, 0.3) is 10.0 Å². The first kappa shape index (κ1) is 15.4. The van der Waals surface area contributed by atoms with Gasteiger partial charge in [0, 0.05) is 6.42 Å². The number of hydrogen-bond donors (Lipinski definition) is 1. The summed E-state index contributed by atoms with van der Waals surface area (Å²) in [6, 6.07) is 6.36. The second-order valence-corrected chi connectivity index (χ2v) is 6.33. The summed E-state index contributed by atoms with van der Waals surface area (Å²) >= 11 is 0. The average Bonchev–Trinajstić information content (AvgIpc) is 2.28. The number of carbonyl (C=O) groups excluding carboxylic acids is 1. The largest absolute Gasteiger partial charge is 0.274 e. The Bertz CT molecular complexity index is 559. The van der Waals surface area contributed by atoms with Crippen molar-refractivity contribution in [1.82, 2.24) is 4.72 Å². The van der Waals surface area contributed by atoms with Gasteiger partial charge in [0.1, 0.15) is 0 Å². The zero-order chi connectivity index (χ0) is 14.5. The molecule has 1 aromatic carbocycles. The van der Waals surface area contributed by atoms with E-state index in [1.165, 1.54) is 12.1 Å². The molecule has 1 aromatic rings. The number of benzene rings is 1. The Kier molecular flexibility index (Phi) is 5.30. The van der Waals surface area contributed by atoms with E-state index >= 15 is 0 Å². The van der Waals surface area contributed by atoms with Crippen molar-refractivity contribution < 1.29 is 13.2 Å². The van der Waals surface area contributed by atoms with Gasteiger partial charge in [-0.05, 0) is 38.8 Å². The van der Waals surface area contributed by atoms with Crippen molar-refractivity contribution in [3.8, 4) is 0 Å². The van der Waals surface area contributed by atoms with Crippen LogP contribution in [-0.4, -0.2) is 14.3 Å². The lowest BCUT2D eigenvalue weighted by molar-refractivity contribution is -0.119. The minimum absolute atomic E-state index is 0.103. The van der Waals surface area contributed by atoms with E-state index in [0.717, 1.165) is 17.6 Å². The van der Waals surface area contributed by atoms with Crippen LogP contribution in [0.3, 0.4) is 0 Å². The average molecular weight is 281 g/mol. The predicted molar refractivity (Wildman–Crippen MR) is 75.2 cm³/mol. The van der Waals surface area contributed by atoms with Crippen LogP contribution >= 0.6 is 0 Å². The molecule has 1 N–H and O–H groups in total. The molecule has 0 saturated heterocycles. The summed E-state index contributed by atoms with van der Waals surface area (Å²) in [5, 5.41) is 0. The lowest BCUT2D eigenvalue weighted by Crippen LogP contribution is -2.30. The molecular weight excluding hydrogens is 262 g/mol. The van der Waals surface area contributed by atoms with Crippen LogP contribution in [0.4, 0.5) is 0 Å². The van der Waals surface area contributed by atoms with Gasteiger partial charge in [0.2, 0.25) is 5.91 Å². The van der Waals surface area contributed by atoms with Crippen LogP contribution in [0.25, 0.3) is 0 Å². The molecule has 5 heteroatoms. The van der Waals surface area contributed by atoms with Crippen molar-refractivity contribution in [2.24, 2.45) is 0 Å². The van der Waals surface area contributed by atoms with Gasteiger partial charge in [-0.2, -0.15) is 0 Å². The Hall–Kier alpha value is -1.62. The number of sulfonamides is 1. The van der Waals surface area contributed by atoms with Crippen LogP contribution in [0.15, 0.2) is 41.3 Å². The third-order valence-electron chi connectivity index (χ3n) is 2.59. The summed E-state index contributed by atoms with van der Waals surface area (Å²) in [5.41, 5.74) is 1.95. The van der Waals surface area contributed by atoms with Gasteiger partial charge in [-0.3, -0.25) is 4.79 Å². The molecule has 0 fully saturated rings. The molecule has 0 radical (unpaired) electrons. The highest BCUT2D eigenvalue weighted by atomic mass is 32.2. The smallest absolute Gasteiger partial charge is 0.264 e. The van der Waals surface area contributed by atoms with E-state index in [0.29, 0.717) is 6.42 Å². The van der Waals surface area contributed by atoms with Gasteiger partial charge in [-0.15, -0.1) is 6.58 Å². The fourth-order valence-electron chi connectivity index (χ4n) is 1.53. The molecule has 0 spiro atoms. The van der Waals surface area contributed by atoms with Gasteiger partial charge in [0.15, 0.2) is 0 Å². The molecule has 104 valence electrons. The first-order chi connectivity index (χ1) is 8.81. The number of aryl methyl sites for hydroxylation is 1. The molecule has 19 heavy (non-hydrogen) atoms. The van der Waals surface area contributed by atoms with E-state index in [-0.39, 0.29) is 11.3 Å². The molecule has 4 nitrogen and oxygen atoms in total. The molecule has 1 amide bonds. The molecular formula is C14H19NO3S. The van der Waals surface area contributed by atoms with Gasteiger partial charge < -0.3 is 0 Å². The number of nitrogens with one attached hydrogen (secondary N) is 1. The summed E-state index contributed by atoms with van der Waals surface area (Å²) in [5.74, 6) is -0.484. The van der Waals surface area contributed by atoms with Crippen molar-refractivity contribution in [3.63, 3.8) is 0 Å². The van der Waals surface area contributed by atoms with Crippen molar-refractivity contribution in [1.29, 1.82) is 0 Å². The van der Waals surface area contributed by atoms with E-state index in [1.807, 2.05) is 13.8 Å². The van der Waals surface area contributed by atoms with Gasteiger partial charge >= 0.3 is 0 Å². The monoisotopic (exact) mass is 281 g/mol. The molecule has 0 saturated carbocycles. The third-order valence-corrected chi connectivity index (χ3v) is 3.98. The summed E-state index contributed by atoms with van der Waals surface area (Å²) in [6.45, 7) is 7.48. The maximum atomic E-state index is 11.9. The highest BCUT2D eigenvalue weighted by molar-refractivity contribution is 7.90. The van der Waals surface area contributed by atoms with E-state index in [1.54, 1.807) is 12.1 Å². The van der Waals surface area contributed by atoms with E-state index in [2.05, 4.69) is 11.3 Å². The first-order valence-corrected chi connectivity index (χ1v) is 7.56. The summed E-state index contributed by atoms with van der Waals surface area (Å²) in [7, 11) is -3.75. The summed E-state index contributed by atoms with van der Waals surface area (Å²) < 4.78 is 25.9. The van der Waals surface area contributed by atoms with Gasteiger partial charge in [-0.1, -0.05) is 23.3 Å². The predicted octanol–water partition coefficient (Wildman–Crippen LogP) is 2.55. The minimum Gasteiger partial charge on any atom is -0.274 e. The van der Waals surface area contributed by atoms with Crippen molar-refractivity contribution in [3.05, 3.63) is 42.0 Å². The fraction of sp³-hybridized carbons (Fsp3) is 0.357. The van der Waals surface area contributed by atoms with E-state index < -0.39 is 15.9 Å². The Morgan fingerprint density at radius 3 is 2.32 bits per heavy atom. The van der Waals surface area contributed by atoms with Crippen LogP contribution < -0.4 is 4.72 Å². The topological polar surface area (TPSA) is 63.2 Å². The second kappa shape index (κ2) is 6.52. The summed E-state index contributed by atoms with van der Waals surface area (Å²) in [6.07, 6.45) is 1.50. The van der Waals surface area contributed by atoms with Crippen molar-refractivity contribution in [2.45, 2.75) is 38.0 Å². The van der Waals surface area contributed by atoms with Crippen LogP contribution in [0.1, 0.15) is 31.7 Å². The van der Waals surface area contributed by atoms with Crippen LogP contribution in [-0.2, 0) is 14.8 Å². The number of carbonyl (C=O) groups is 1. The zero-order valence-electron chi connectivity index (χ0n) is 11.3. The maximum Gasteiger partial charge on any atom is 0.264 e. The van der Waals surface area contributed by atoms with Crippen LogP contribution in [0.2, 0.25) is 0 Å². The van der Waals surface area contributed by atoms with Crippen molar-refractivity contribution in [2.75, 3.05) is 0 Å². The Morgan fingerprint density at radius 1 is 1.21 bits per heavy atom. The van der Waals surface area contributed by atoms with Crippen molar-refractivity contribution >= 4 is 15.9 Å². The molecule has 0 aliphatic heterocycles. The molecule has 0 aromatic heterocycles. The minimum atomic E-state index is -3.75. The number of amides is 1. The molecule has 0 heterocycles. The van der Waals surface area contributed by atoms with Crippen LogP contribution in [0.5, 0.6) is 0 Å². The first-order valence-electron chi connectivity index (χ1n) is 6.08.